The molecule has 1 aromatic heterocycles. The SMILES string of the molecule is NCc1c(C(=O)O)nnn1Cc1c(F)cccc1Cl. The van der Waals surface area contributed by atoms with Crippen LogP contribution >= 0.6 is 11.6 Å². The minimum Gasteiger partial charge on any atom is -0.476 e. The number of halogens is 2. The van der Waals surface area contributed by atoms with Crippen molar-refractivity contribution in [1.82, 2.24) is 15.0 Å². The molecule has 0 bridgehead atoms. The van der Waals surface area contributed by atoms with Crippen molar-refractivity contribution in [1.29, 1.82) is 0 Å². The molecule has 3 N–H and O–H groups in total. The highest BCUT2D eigenvalue weighted by atomic mass is 35.5. The quantitative estimate of drug-likeness (QED) is 0.882. The van der Waals surface area contributed by atoms with Crippen LogP contribution in [0.5, 0.6) is 0 Å². The fraction of sp³-hybridized carbons (Fsp3) is 0.182. The minimum absolute atomic E-state index is 0.0294. The van der Waals surface area contributed by atoms with Crippen LogP contribution in [0.2, 0.25) is 5.02 Å². The first kappa shape index (κ1) is 13.4. The van der Waals surface area contributed by atoms with Gasteiger partial charge in [-0.15, -0.1) is 5.10 Å². The Balaban J connectivity index is 2.42. The summed E-state index contributed by atoms with van der Waals surface area (Å²) in [5.74, 6) is -1.73. The van der Waals surface area contributed by atoms with Gasteiger partial charge >= 0.3 is 5.97 Å². The van der Waals surface area contributed by atoms with Crippen LogP contribution in [0.25, 0.3) is 0 Å². The van der Waals surface area contributed by atoms with E-state index < -0.39 is 11.8 Å². The van der Waals surface area contributed by atoms with Crippen molar-refractivity contribution in [3.63, 3.8) is 0 Å². The largest absolute Gasteiger partial charge is 0.476 e. The van der Waals surface area contributed by atoms with Crippen LogP contribution in [0.15, 0.2) is 18.2 Å². The molecule has 0 radical (unpaired) electrons. The molecule has 0 saturated heterocycles. The van der Waals surface area contributed by atoms with E-state index in [0.29, 0.717) is 0 Å². The number of carbonyl (C=O) groups is 1. The third kappa shape index (κ3) is 2.56. The Morgan fingerprint density at radius 1 is 1.53 bits per heavy atom. The van der Waals surface area contributed by atoms with Crippen molar-refractivity contribution in [3.05, 3.63) is 46.0 Å². The Kier molecular flexibility index (Phi) is 3.77. The summed E-state index contributed by atoms with van der Waals surface area (Å²) < 4.78 is 14.9. The highest BCUT2D eigenvalue weighted by Gasteiger charge is 2.19. The summed E-state index contributed by atoms with van der Waals surface area (Å²) in [4.78, 5) is 10.9. The molecular formula is C11H10ClFN4O2. The number of hydrogen-bond donors (Lipinski definition) is 2. The van der Waals surface area contributed by atoms with Crippen molar-refractivity contribution in [2.45, 2.75) is 13.1 Å². The van der Waals surface area contributed by atoms with E-state index in [2.05, 4.69) is 10.3 Å². The number of carboxylic acid groups (broad SMARTS) is 1. The van der Waals surface area contributed by atoms with Gasteiger partial charge in [0.05, 0.1) is 12.2 Å². The van der Waals surface area contributed by atoms with E-state index in [9.17, 15) is 9.18 Å². The number of carboxylic acids is 1. The maximum atomic E-state index is 13.6. The molecular weight excluding hydrogens is 275 g/mol. The number of aromatic carboxylic acids is 1. The zero-order chi connectivity index (χ0) is 14.0. The molecule has 8 heteroatoms. The summed E-state index contributed by atoms with van der Waals surface area (Å²) in [5.41, 5.74) is 5.66. The van der Waals surface area contributed by atoms with E-state index in [0.717, 1.165) is 0 Å². The van der Waals surface area contributed by atoms with E-state index in [1.807, 2.05) is 0 Å². The van der Waals surface area contributed by atoms with Gasteiger partial charge < -0.3 is 10.8 Å². The van der Waals surface area contributed by atoms with Gasteiger partial charge in [-0.2, -0.15) is 0 Å². The fourth-order valence-electron chi connectivity index (χ4n) is 1.66. The molecule has 6 nitrogen and oxygen atoms in total. The predicted molar refractivity (Wildman–Crippen MR) is 65.4 cm³/mol. The molecule has 0 unspecified atom stereocenters. The van der Waals surface area contributed by atoms with Gasteiger partial charge in [-0.25, -0.2) is 13.9 Å². The number of benzene rings is 1. The summed E-state index contributed by atoms with van der Waals surface area (Å²) in [5, 5.41) is 16.3. The normalized spacial score (nSPS) is 10.7. The second kappa shape index (κ2) is 5.33. The lowest BCUT2D eigenvalue weighted by atomic mass is 10.2. The second-order valence-electron chi connectivity index (χ2n) is 3.75. The molecule has 0 spiro atoms. The molecule has 100 valence electrons. The van der Waals surface area contributed by atoms with Gasteiger partial charge in [0, 0.05) is 17.1 Å². The smallest absolute Gasteiger partial charge is 0.358 e. The van der Waals surface area contributed by atoms with Crippen molar-refractivity contribution in [3.8, 4) is 0 Å². The first-order chi connectivity index (χ1) is 9.04. The molecule has 19 heavy (non-hydrogen) atoms. The second-order valence-corrected chi connectivity index (χ2v) is 4.16. The van der Waals surface area contributed by atoms with Crippen molar-refractivity contribution < 1.29 is 14.3 Å². The Bertz CT molecular complexity index is 609. The maximum Gasteiger partial charge on any atom is 0.358 e. The van der Waals surface area contributed by atoms with Crippen LogP contribution in [0.3, 0.4) is 0 Å². The van der Waals surface area contributed by atoms with E-state index in [1.165, 1.54) is 22.9 Å². The summed E-state index contributed by atoms with van der Waals surface area (Å²) in [6.45, 7) is -0.0982. The summed E-state index contributed by atoms with van der Waals surface area (Å²) in [6, 6.07) is 4.28. The van der Waals surface area contributed by atoms with Crippen LogP contribution in [-0.4, -0.2) is 26.1 Å². The lowest BCUT2D eigenvalue weighted by Gasteiger charge is -2.08. The number of nitrogens with two attached hydrogens (primary N) is 1. The van der Waals surface area contributed by atoms with E-state index in [1.54, 1.807) is 0 Å². The van der Waals surface area contributed by atoms with Gasteiger partial charge in [-0.05, 0) is 12.1 Å². The molecule has 0 fully saturated rings. The molecule has 0 aliphatic carbocycles. The van der Waals surface area contributed by atoms with Crippen molar-refractivity contribution >= 4 is 17.6 Å². The van der Waals surface area contributed by atoms with E-state index in [4.69, 9.17) is 22.4 Å². The first-order valence-electron chi connectivity index (χ1n) is 5.33. The molecule has 2 rings (SSSR count). The lowest BCUT2D eigenvalue weighted by molar-refractivity contribution is 0.0689. The highest BCUT2D eigenvalue weighted by Crippen LogP contribution is 2.20. The Morgan fingerprint density at radius 2 is 2.26 bits per heavy atom. The molecule has 0 aliphatic rings. The van der Waals surface area contributed by atoms with Crippen molar-refractivity contribution in [2.75, 3.05) is 0 Å². The van der Waals surface area contributed by atoms with Gasteiger partial charge in [-0.1, -0.05) is 22.9 Å². The Hall–Kier alpha value is -1.99. The summed E-state index contributed by atoms with van der Waals surface area (Å²) >= 11 is 5.90. The molecule has 0 atom stereocenters. The van der Waals surface area contributed by atoms with Crippen molar-refractivity contribution in [2.24, 2.45) is 5.73 Å². The first-order valence-corrected chi connectivity index (χ1v) is 5.71. The summed E-state index contributed by atoms with van der Waals surface area (Å²) in [6.07, 6.45) is 0. The zero-order valence-corrected chi connectivity index (χ0v) is 10.4. The third-order valence-electron chi connectivity index (χ3n) is 2.60. The molecule has 2 aromatic rings. The molecule has 0 aliphatic heterocycles. The monoisotopic (exact) mass is 284 g/mol. The molecule has 1 heterocycles. The number of aromatic nitrogens is 3. The van der Waals surface area contributed by atoms with Gasteiger partial charge in [0.25, 0.3) is 0 Å². The lowest BCUT2D eigenvalue weighted by Crippen LogP contribution is -2.14. The van der Waals surface area contributed by atoms with Crippen LogP contribution in [-0.2, 0) is 13.1 Å². The molecule has 1 aromatic carbocycles. The van der Waals surface area contributed by atoms with Crippen LogP contribution in [0, 0.1) is 5.82 Å². The van der Waals surface area contributed by atoms with Crippen LogP contribution < -0.4 is 5.73 Å². The minimum atomic E-state index is -1.23. The number of rotatable bonds is 4. The van der Waals surface area contributed by atoms with E-state index >= 15 is 0 Å². The number of nitrogens with zero attached hydrogens (tertiary/aromatic N) is 3. The van der Waals surface area contributed by atoms with E-state index in [-0.39, 0.29) is 35.1 Å². The predicted octanol–water partition coefficient (Wildman–Crippen LogP) is 1.28. The highest BCUT2D eigenvalue weighted by molar-refractivity contribution is 6.31. The average Bonchev–Trinajstić information content (AvgIpc) is 2.77. The zero-order valence-electron chi connectivity index (χ0n) is 9.68. The third-order valence-corrected chi connectivity index (χ3v) is 2.96. The van der Waals surface area contributed by atoms with Gasteiger partial charge in [0.2, 0.25) is 0 Å². The van der Waals surface area contributed by atoms with Gasteiger partial charge in [0.1, 0.15) is 5.82 Å². The summed E-state index contributed by atoms with van der Waals surface area (Å²) in [7, 11) is 0. The van der Waals surface area contributed by atoms with Crippen LogP contribution in [0.1, 0.15) is 21.7 Å². The maximum absolute atomic E-state index is 13.6. The Morgan fingerprint density at radius 3 is 2.84 bits per heavy atom. The molecule has 0 amide bonds. The van der Waals surface area contributed by atoms with Gasteiger partial charge in [-0.3, -0.25) is 0 Å². The topological polar surface area (TPSA) is 94.0 Å². The van der Waals surface area contributed by atoms with Crippen LogP contribution in [0.4, 0.5) is 4.39 Å². The molecule has 0 saturated carbocycles. The van der Waals surface area contributed by atoms with Gasteiger partial charge in [0.15, 0.2) is 5.69 Å². The fourth-order valence-corrected chi connectivity index (χ4v) is 1.88. The average molecular weight is 285 g/mol. The Labute approximate surface area is 112 Å². The number of hydrogen-bond acceptors (Lipinski definition) is 4. The standard InChI is InChI=1S/C11H10ClFN4O2/c12-7-2-1-3-8(13)6(7)5-17-9(4-14)10(11(18)19)15-16-17/h1-3H,4-5,14H2,(H,18,19).